The van der Waals surface area contributed by atoms with Crippen molar-refractivity contribution >= 4 is 33.0 Å². The SMILES string of the molecule is Cc1ccc(S(=O)(=O)OC[C@H](O)COc2ccc3oc(-c4ccc(N(C)C(=O)OC(C)(C)C)cc4)nc3c2)cc1. The van der Waals surface area contributed by atoms with E-state index in [1.54, 1.807) is 61.6 Å². The van der Waals surface area contributed by atoms with Crippen molar-refractivity contribution in [2.75, 3.05) is 25.2 Å². The molecule has 0 fully saturated rings. The topological polar surface area (TPSA) is 128 Å². The maximum absolute atomic E-state index is 12.3. The average molecular weight is 569 g/mol. The van der Waals surface area contributed by atoms with Crippen LogP contribution in [0.5, 0.6) is 5.75 Å². The van der Waals surface area contributed by atoms with Crippen LogP contribution in [-0.4, -0.2) is 56.6 Å². The number of oxazole rings is 1. The summed E-state index contributed by atoms with van der Waals surface area (Å²) in [6, 6.07) is 18.4. The maximum atomic E-state index is 12.3. The molecule has 4 aromatic rings. The number of anilines is 1. The van der Waals surface area contributed by atoms with Crippen molar-refractivity contribution in [3.8, 4) is 17.2 Å². The van der Waals surface area contributed by atoms with Crippen molar-refractivity contribution < 1.29 is 36.4 Å². The molecule has 1 N–H and O–H groups in total. The van der Waals surface area contributed by atoms with Gasteiger partial charge in [0.05, 0.1) is 11.5 Å². The summed E-state index contributed by atoms with van der Waals surface area (Å²) in [6.45, 7) is 6.63. The van der Waals surface area contributed by atoms with Crippen molar-refractivity contribution in [1.29, 1.82) is 0 Å². The minimum atomic E-state index is -3.99. The smallest absolute Gasteiger partial charge is 0.414 e. The Morgan fingerprint density at radius 1 is 1.02 bits per heavy atom. The summed E-state index contributed by atoms with van der Waals surface area (Å²) >= 11 is 0. The van der Waals surface area contributed by atoms with E-state index < -0.39 is 34.5 Å². The van der Waals surface area contributed by atoms with Gasteiger partial charge in [0.1, 0.15) is 29.6 Å². The number of aliphatic hydroxyl groups excluding tert-OH is 1. The Morgan fingerprint density at radius 3 is 2.35 bits per heavy atom. The Morgan fingerprint density at radius 2 is 1.70 bits per heavy atom. The third-order valence-electron chi connectivity index (χ3n) is 5.70. The Labute approximate surface area is 233 Å². The second kappa shape index (κ2) is 11.7. The van der Waals surface area contributed by atoms with Gasteiger partial charge in [-0.05, 0) is 76.2 Å². The molecule has 1 aromatic heterocycles. The molecule has 0 saturated heterocycles. The minimum absolute atomic E-state index is 0.0169. The summed E-state index contributed by atoms with van der Waals surface area (Å²) in [5.74, 6) is 0.801. The molecule has 40 heavy (non-hydrogen) atoms. The summed E-state index contributed by atoms with van der Waals surface area (Å²) in [4.78, 5) is 18.3. The monoisotopic (exact) mass is 568 g/mol. The van der Waals surface area contributed by atoms with Crippen LogP contribution in [-0.2, 0) is 19.0 Å². The molecule has 1 heterocycles. The first-order chi connectivity index (χ1) is 18.8. The summed E-state index contributed by atoms with van der Waals surface area (Å²) < 4.78 is 46.5. The number of amides is 1. The predicted octanol–water partition coefficient (Wildman–Crippen LogP) is 5.32. The molecule has 0 unspecified atom stereocenters. The van der Waals surface area contributed by atoms with Gasteiger partial charge in [0.25, 0.3) is 10.1 Å². The van der Waals surface area contributed by atoms with Gasteiger partial charge >= 0.3 is 6.09 Å². The summed E-state index contributed by atoms with van der Waals surface area (Å²) in [5.41, 5.74) is 2.76. The quantitative estimate of drug-likeness (QED) is 0.267. The molecular formula is C29H32N2O8S. The van der Waals surface area contributed by atoms with E-state index in [0.717, 1.165) is 5.56 Å². The molecule has 11 heteroatoms. The summed E-state index contributed by atoms with van der Waals surface area (Å²) in [5, 5.41) is 10.2. The number of rotatable bonds is 9. The Balaban J connectivity index is 1.35. The first kappa shape index (κ1) is 29.1. The lowest BCUT2D eigenvalue weighted by Gasteiger charge is -2.24. The van der Waals surface area contributed by atoms with E-state index in [-0.39, 0.29) is 11.5 Å². The fourth-order valence-electron chi connectivity index (χ4n) is 3.57. The average Bonchev–Trinajstić information content (AvgIpc) is 3.33. The van der Waals surface area contributed by atoms with E-state index in [9.17, 15) is 18.3 Å². The van der Waals surface area contributed by atoms with E-state index in [1.165, 1.54) is 17.0 Å². The van der Waals surface area contributed by atoms with Gasteiger partial charge in [-0.15, -0.1) is 0 Å². The van der Waals surface area contributed by atoms with Crippen molar-refractivity contribution in [3.05, 3.63) is 72.3 Å². The van der Waals surface area contributed by atoms with Gasteiger partial charge in [0.2, 0.25) is 5.89 Å². The van der Waals surface area contributed by atoms with Crippen LogP contribution >= 0.6 is 0 Å². The predicted molar refractivity (Wildman–Crippen MR) is 150 cm³/mol. The van der Waals surface area contributed by atoms with E-state index in [4.69, 9.17) is 18.1 Å². The second-order valence-corrected chi connectivity index (χ2v) is 11.9. The van der Waals surface area contributed by atoms with Gasteiger partial charge in [-0.25, -0.2) is 9.78 Å². The molecule has 212 valence electrons. The molecule has 0 spiro atoms. The number of carbonyl (C=O) groups excluding carboxylic acids is 1. The fraction of sp³-hybridized carbons (Fsp3) is 0.310. The zero-order valence-electron chi connectivity index (χ0n) is 23.0. The van der Waals surface area contributed by atoms with Gasteiger partial charge in [0, 0.05) is 24.4 Å². The van der Waals surface area contributed by atoms with Gasteiger partial charge in [-0.3, -0.25) is 9.08 Å². The normalized spacial score (nSPS) is 12.8. The molecule has 4 rings (SSSR count). The number of ether oxygens (including phenoxy) is 2. The number of hydrogen-bond donors (Lipinski definition) is 1. The maximum Gasteiger partial charge on any atom is 0.414 e. The molecule has 0 aliphatic carbocycles. The highest BCUT2D eigenvalue weighted by Crippen LogP contribution is 2.29. The number of benzene rings is 3. The van der Waals surface area contributed by atoms with E-state index >= 15 is 0 Å². The number of carbonyl (C=O) groups is 1. The Hall–Kier alpha value is -3.93. The number of nitrogens with zero attached hydrogens (tertiary/aromatic N) is 2. The molecule has 10 nitrogen and oxygen atoms in total. The largest absolute Gasteiger partial charge is 0.491 e. The standard InChI is InChI=1S/C29H32N2O8S/c1-19-6-13-24(14-7-19)40(34,35)37-18-22(32)17-36-23-12-15-26-25(16-23)30-27(38-26)20-8-10-21(11-9-20)31(5)28(33)39-29(2,3)4/h6-16,22,32H,17-18H2,1-5H3/t22-/m1/s1. The first-order valence-electron chi connectivity index (χ1n) is 12.6. The zero-order valence-corrected chi connectivity index (χ0v) is 23.8. The third kappa shape index (κ3) is 7.38. The lowest BCUT2D eigenvalue weighted by atomic mass is 10.2. The van der Waals surface area contributed by atoms with Crippen molar-refractivity contribution in [2.45, 2.75) is 44.3 Å². The van der Waals surface area contributed by atoms with Crippen molar-refractivity contribution in [3.63, 3.8) is 0 Å². The molecule has 1 atom stereocenters. The van der Waals surface area contributed by atoms with Crippen molar-refractivity contribution in [2.24, 2.45) is 0 Å². The third-order valence-corrected chi connectivity index (χ3v) is 6.99. The van der Waals surface area contributed by atoms with Gasteiger partial charge in [0.15, 0.2) is 5.58 Å². The molecular weight excluding hydrogens is 536 g/mol. The fourth-order valence-corrected chi connectivity index (χ4v) is 4.51. The summed E-state index contributed by atoms with van der Waals surface area (Å²) in [6.07, 6.45) is -1.64. The lowest BCUT2D eigenvalue weighted by Crippen LogP contribution is -2.34. The van der Waals surface area contributed by atoms with Crippen LogP contribution in [0.15, 0.2) is 76.0 Å². The van der Waals surface area contributed by atoms with Crippen LogP contribution in [0.2, 0.25) is 0 Å². The second-order valence-electron chi connectivity index (χ2n) is 10.3. The van der Waals surface area contributed by atoms with E-state index in [0.29, 0.717) is 34.0 Å². The van der Waals surface area contributed by atoms with Gasteiger partial charge in [-0.1, -0.05) is 17.7 Å². The van der Waals surface area contributed by atoms with Gasteiger partial charge < -0.3 is 19.0 Å². The van der Waals surface area contributed by atoms with Crippen LogP contribution in [0, 0.1) is 6.92 Å². The molecule has 0 aliphatic heterocycles. The summed E-state index contributed by atoms with van der Waals surface area (Å²) in [7, 11) is -2.36. The number of aromatic nitrogens is 1. The number of fused-ring (bicyclic) bond motifs is 1. The van der Waals surface area contributed by atoms with Crippen LogP contribution in [0.3, 0.4) is 0 Å². The van der Waals surface area contributed by atoms with Crippen molar-refractivity contribution in [1.82, 2.24) is 4.98 Å². The van der Waals surface area contributed by atoms with Crippen LogP contribution < -0.4 is 9.64 Å². The molecule has 3 aromatic carbocycles. The van der Waals surface area contributed by atoms with Gasteiger partial charge in [-0.2, -0.15) is 8.42 Å². The highest BCUT2D eigenvalue weighted by atomic mass is 32.2. The number of aryl methyl sites for hydroxylation is 1. The lowest BCUT2D eigenvalue weighted by molar-refractivity contribution is 0.0589. The molecule has 0 bridgehead atoms. The molecule has 0 radical (unpaired) electrons. The minimum Gasteiger partial charge on any atom is -0.491 e. The van der Waals surface area contributed by atoms with E-state index in [2.05, 4.69) is 4.98 Å². The van der Waals surface area contributed by atoms with Crippen LogP contribution in [0.1, 0.15) is 26.3 Å². The zero-order chi connectivity index (χ0) is 29.1. The Kier molecular flexibility index (Phi) is 8.48. The van der Waals surface area contributed by atoms with Crippen LogP contribution in [0.4, 0.5) is 10.5 Å². The number of aliphatic hydroxyl groups is 1. The highest BCUT2D eigenvalue weighted by molar-refractivity contribution is 7.86. The first-order valence-corrected chi connectivity index (χ1v) is 14.0. The highest BCUT2D eigenvalue weighted by Gasteiger charge is 2.21. The Bertz CT molecular complexity index is 1570. The molecule has 1 amide bonds. The van der Waals surface area contributed by atoms with Crippen LogP contribution in [0.25, 0.3) is 22.6 Å². The van der Waals surface area contributed by atoms with E-state index in [1.807, 2.05) is 27.7 Å². The molecule has 0 aliphatic rings. The number of hydrogen-bond acceptors (Lipinski definition) is 9. The molecule has 0 saturated carbocycles.